The van der Waals surface area contributed by atoms with Gasteiger partial charge in [-0.3, -0.25) is 0 Å². The average Bonchev–Trinajstić information content (AvgIpc) is 2.60. The molecule has 0 amide bonds. The highest BCUT2D eigenvalue weighted by molar-refractivity contribution is 7.18. The Morgan fingerprint density at radius 3 is 3.00 bits per heavy atom. The lowest BCUT2D eigenvalue weighted by molar-refractivity contribution is 0.174. The molecule has 0 bridgehead atoms. The maximum absolute atomic E-state index is 9.72. The highest BCUT2D eigenvalue weighted by Gasteiger charge is 2.12. The zero-order chi connectivity index (χ0) is 10.8. The van der Waals surface area contributed by atoms with E-state index in [1.807, 2.05) is 12.1 Å². The molecule has 0 aliphatic heterocycles. The molecular weight excluding hydrogens is 253 g/mol. The molecule has 2 aromatic rings. The van der Waals surface area contributed by atoms with Crippen LogP contribution < -0.4 is 0 Å². The van der Waals surface area contributed by atoms with E-state index in [1.165, 1.54) is 11.3 Å². The van der Waals surface area contributed by atoms with Gasteiger partial charge in [-0.2, -0.15) is 0 Å². The third-order valence-corrected chi connectivity index (χ3v) is 3.61. The van der Waals surface area contributed by atoms with Crippen molar-refractivity contribution < 1.29 is 5.11 Å². The van der Waals surface area contributed by atoms with Gasteiger partial charge in [-0.05, 0) is 24.6 Å². The number of fused-ring (bicyclic) bond motifs is 1. The zero-order valence-corrected chi connectivity index (χ0v) is 10.1. The number of thiazole rings is 1. The summed E-state index contributed by atoms with van der Waals surface area (Å²) in [5.41, 5.74) is 0.869. The molecule has 0 radical (unpaired) electrons. The van der Waals surface area contributed by atoms with Crippen LogP contribution in [-0.2, 0) is 0 Å². The zero-order valence-electron chi connectivity index (χ0n) is 7.78. The maximum Gasteiger partial charge on any atom is 0.123 e. The molecule has 2 nitrogen and oxygen atoms in total. The molecule has 1 aromatic heterocycles. The van der Waals surface area contributed by atoms with Crippen LogP contribution in [0.3, 0.4) is 0 Å². The van der Waals surface area contributed by atoms with Crippen LogP contribution in [0.5, 0.6) is 0 Å². The molecule has 0 saturated carbocycles. The van der Waals surface area contributed by atoms with Crippen molar-refractivity contribution in [2.75, 3.05) is 5.88 Å². The number of hydrogen-bond donors (Lipinski definition) is 1. The molecule has 0 spiro atoms. The number of halogens is 2. The van der Waals surface area contributed by atoms with Gasteiger partial charge in [-0.15, -0.1) is 22.9 Å². The molecule has 80 valence electrons. The van der Waals surface area contributed by atoms with Crippen molar-refractivity contribution in [3.63, 3.8) is 0 Å². The standard InChI is InChI=1S/C10H9Cl2NOS/c11-4-3-8(14)10-13-7-2-1-6(12)5-9(7)15-10/h1-2,5,8,14H,3-4H2. The van der Waals surface area contributed by atoms with Crippen molar-refractivity contribution in [3.8, 4) is 0 Å². The quantitative estimate of drug-likeness (QED) is 0.857. The van der Waals surface area contributed by atoms with Gasteiger partial charge in [0.05, 0.1) is 10.2 Å². The summed E-state index contributed by atoms with van der Waals surface area (Å²) in [6.07, 6.45) is -0.0477. The van der Waals surface area contributed by atoms with E-state index in [0.29, 0.717) is 22.3 Å². The number of alkyl halides is 1. The number of aliphatic hydroxyl groups excluding tert-OH is 1. The monoisotopic (exact) mass is 261 g/mol. The summed E-state index contributed by atoms with van der Waals surface area (Å²) in [5, 5.41) is 11.1. The molecule has 1 N–H and O–H groups in total. The van der Waals surface area contributed by atoms with Gasteiger partial charge in [0.2, 0.25) is 0 Å². The molecule has 1 unspecified atom stereocenters. The van der Waals surface area contributed by atoms with Gasteiger partial charge in [0.1, 0.15) is 11.1 Å². The number of rotatable bonds is 3. The van der Waals surface area contributed by atoms with Crippen LogP contribution in [0.15, 0.2) is 18.2 Å². The van der Waals surface area contributed by atoms with E-state index < -0.39 is 6.10 Å². The number of nitrogens with zero attached hydrogens (tertiary/aromatic N) is 1. The lowest BCUT2D eigenvalue weighted by Crippen LogP contribution is -1.96. The van der Waals surface area contributed by atoms with Gasteiger partial charge in [0.25, 0.3) is 0 Å². The second-order valence-corrected chi connectivity index (χ2v) is 5.03. The molecule has 1 heterocycles. The van der Waals surface area contributed by atoms with Gasteiger partial charge in [-0.25, -0.2) is 4.98 Å². The van der Waals surface area contributed by atoms with Crippen LogP contribution in [-0.4, -0.2) is 16.0 Å². The first-order chi connectivity index (χ1) is 7.20. The topological polar surface area (TPSA) is 33.1 Å². The Balaban J connectivity index is 2.38. The van der Waals surface area contributed by atoms with Gasteiger partial charge in [0.15, 0.2) is 0 Å². The maximum atomic E-state index is 9.72. The van der Waals surface area contributed by atoms with Crippen LogP contribution >= 0.6 is 34.5 Å². The number of benzene rings is 1. The Labute approximate surface area is 101 Å². The Bertz CT molecular complexity index is 471. The van der Waals surface area contributed by atoms with Crippen molar-refractivity contribution in [1.82, 2.24) is 4.98 Å². The van der Waals surface area contributed by atoms with Crippen molar-refractivity contribution in [2.24, 2.45) is 0 Å². The van der Waals surface area contributed by atoms with Crippen LogP contribution in [0, 0.1) is 0 Å². The SMILES string of the molecule is OC(CCCl)c1nc2ccc(Cl)cc2s1. The van der Waals surface area contributed by atoms with Crippen molar-refractivity contribution in [3.05, 3.63) is 28.2 Å². The van der Waals surface area contributed by atoms with Gasteiger partial charge < -0.3 is 5.11 Å². The number of aromatic nitrogens is 1. The Morgan fingerprint density at radius 2 is 2.27 bits per heavy atom. The summed E-state index contributed by atoms with van der Waals surface area (Å²) in [4.78, 5) is 4.32. The largest absolute Gasteiger partial charge is 0.386 e. The summed E-state index contributed by atoms with van der Waals surface area (Å²) >= 11 is 12.9. The molecule has 0 aliphatic rings. The van der Waals surface area contributed by atoms with E-state index in [9.17, 15) is 5.11 Å². The van der Waals surface area contributed by atoms with E-state index in [2.05, 4.69) is 4.98 Å². The average molecular weight is 262 g/mol. The number of aliphatic hydroxyl groups is 1. The Kier molecular flexibility index (Phi) is 3.46. The third kappa shape index (κ3) is 2.42. The van der Waals surface area contributed by atoms with E-state index in [-0.39, 0.29) is 0 Å². The minimum absolute atomic E-state index is 0.428. The Hall–Kier alpha value is -0.350. The predicted molar refractivity (Wildman–Crippen MR) is 64.9 cm³/mol. The van der Waals surface area contributed by atoms with Gasteiger partial charge in [-0.1, -0.05) is 11.6 Å². The fourth-order valence-electron chi connectivity index (χ4n) is 1.29. The molecule has 0 aliphatic carbocycles. The molecule has 0 fully saturated rings. The van der Waals surface area contributed by atoms with Crippen LogP contribution in [0.4, 0.5) is 0 Å². The smallest absolute Gasteiger partial charge is 0.123 e. The van der Waals surface area contributed by atoms with Crippen molar-refractivity contribution >= 4 is 44.8 Å². The van der Waals surface area contributed by atoms with Gasteiger partial charge >= 0.3 is 0 Å². The normalized spacial score (nSPS) is 13.3. The van der Waals surface area contributed by atoms with E-state index in [1.54, 1.807) is 6.07 Å². The molecule has 0 saturated heterocycles. The minimum atomic E-state index is -0.571. The molecule has 15 heavy (non-hydrogen) atoms. The van der Waals surface area contributed by atoms with E-state index in [0.717, 1.165) is 10.2 Å². The van der Waals surface area contributed by atoms with Crippen LogP contribution in [0.1, 0.15) is 17.5 Å². The summed E-state index contributed by atoms with van der Waals surface area (Å²) in [6, 6.07) is 5.50. The van der Waals surface area contributed by atoms with Crippen molar-refractivity contribution in [1.29, 1.82) is 0 Å². The lowest BCUT2D eigenvalue weighted by Gasteiger charge is -2.02. The van der Waals surface area contributed by atoms with Crippen LogP contribution in [0.25, 0.3) is 10.2 Å². The Morgan fingerprint density at radius 1 is 1.47 bits per heavy atom. The lowest BCUT2D eigenvalue weighted by atomic mass is 10.3. The van der Waals surface area contributed by atoms with Crippen molar-refractivity contribution in [2.45, 2.75) is 12.5 Å². The molecule has 1 aromatic carbocycles. The van der Waals surface area contributed by atoms with Crippen LogP contribution in [0.2, 0.25) is 5.02 Å². The summed E-state index contributed by atoms with van der Waals surface area (Å²) in [7, 11) is 0. The first-order valence-corrected chi connectivity index (χ1v) is 6.23. The highest BCUT2D eigenvalue weighted by Crippen LogP contribution is 2.29. The molecule has 2 rings (SSSR count). The molecular formula is C10H9Cl2NOS. The summed E-state index contributed by atoms with van der Waals surface area (Å²) in [6.45, 7) is 0. The predicted octanol–water partition coefficient (Wildman–Crippen LogP) is 3.61. The molecule has 5 heteroatoms. The van der Waals surface area contributed by atoms with Gasteiger partial charge in [0, 0.05) is 10.9 Å². The summed E-state index contributed by atoms with van der Waals surface area (Å²) in [5.74, 6) is 0.428. The third-order valence-electron chi connectivity index (χ3n) is 2.03. The minimum Gasteiger partial charge on any atom is -0.386 e. The van der Waals surface area contributed by atoms with E-state index >= 15 is 0 Å². The van der Waals surface area contributed by atoms with E-state index in [4.69, 9.17) is 23.2 Å². The number of hydrogen-bond acceptors (Lipinski definition) is 3. The first-order valence-electron chi connectivity index (χ1n) is 4.50. The fourth-order valence-corrected chi connectivity index (χ4v) is 2.76. The fraction of sp³-hybridized carbons (Fsp3) is 0.300. The highest BCUT2D eigenvalue weighted by atomic mass is 35.5. The second-order valence-electron chi connectivity index (χ2n) is 3.16. The summed E-state index contributed by atoms with van der Waals surface area (Å²) < 4.78 is 0.992. The second kappa shape index (κ2) is 4.66. The molecule has 1 atom stereocenters. The first kappa shape index (κ1) is 11.1.